The maximum atomic E-state index is 10.3. The number of rotatable bonds is 6. The summed E-state index contributed by atoms with van der Waals surface area (Å²) in [6.07, 6.45) is 10.3. The predicted octanol–water partition coefficient (Wildman–Crippen LogP) is 3.58. The summed E-state index contributed by atoms with van der Waals surface area (Å²) in [5, 5.41) is 14.9. The minimum atomic E-state index is -0.209. The average molecular weight is 276 g/mol. The molecule has 0 spiro atoms. The summed E-state index contributed by atoms with van der Waals surface area (Å²) in [6.45, 7) is 4.36. The van der Waals surface area contributed by atoms with Gasteiger partial charge < -0.3 is 5.11 Å². The van der Waals surface area contributed by atoms with E-state index in [9.17, 15) is 5.11 Å². The highest BCUT2D eigenvalue weighted by Crippen LogP contribution is 2.49. The van der Waals surface area contributed by atoms with E-state index in [2.05, 4.69) is 25.0 Å². The van der Waals surface area contributed by atoms with Crippen molar-refractivity contribution in [3.05, 3.63) is 18.0 Å². The zero-order chi connectivity index (χ0) is 14.1. The molecule has 0 amide bonds. The first-order valence-electron chi connectivity index (χ1n) is 8.37. The van der Waals surface area contributed by atoms with E-state index in [0.717, 1.165) is 42.7 Å². The van der Waals surface area contributed by atoms with Crippen LogP contribution < -0.4 is 0 Å². The molecule has 2 fully saturated rings. The molecule has 20 heavy (non-hydrogen) atoms. The van der Waals surface area contributed by atoms with Crippen molar-refractivity contribution < 1.29 is 5.11 Å². The van der Waals surface area contributed by atoms with Crippen LogP contribution in [0.25, 0.3) is 0 Å². The Morgan fingerprint density at radius 3 is 2.90 bits per heavy atom. The van der Waals surface area contributed by atoms with Gasteiger partial charge in [-0.15, -0.1) is 0 Å². The molecule has 1 aromatic rings. The highest BCUT2D eigenvalue weighted by Gasteiger charge is 2.39. The molecule has 1 aromatic heterocycles. The van der Waals surface area contributed by atoms with Crippen LogP contribution in [0.1, 0.15) is 64.1 Å². The largest absolute Gasteiger partial charge is 0.393 e. The van der Waals surface area contributed by atoms with Crippen molar-refractivity contribution >= 4 is 0 Å². The Morgan fingerprint density at radius 1 is 1.40 bits per heavy atom. The fourth-order valence-corrected chi connectivity index (χ4v) is 4.26. The first-order chi connectivity index (χ1) is 9.65. The first kappa shape index (κ1) is 14.1. The molecule has 3 nitrogen and oxygen atoms in total. The van der Waals surface area contributed by atoms with Gasteiger partial charge in [0.25, 0.3) is 0 Å². The van der Waals surface area contributed by atoms with Crippen LogP contribution in [0.3, 0.4) is 0 Å². The topological polar surface area (TPSA) is 38.0 Å². The Balaban J connectivity index is 1.51. The molecule has 0 aromatic carbocycles. The quantitative estimate of drug-likeness (QED) is 0.862. The molecule has 5 unspecified atom stereocenters. The molecule has 3 heteroatoms. The van der Waals surface area contributed by atoms with Gasteiger partial charge in [0.1, 0.15) is 0 Å². The lowest BCUT2D eigenvalue weighted by molar-refractivity contribution is 0.123. The first-order valence-corrected chi connectivity index (χ1v) is 8.37. The molecule has 0 saturated heterocycles. The number of hydrogen-bond donors (Lipinski definition) is 1. The fraction of sp³-hybridized carbons (Fsp3) is 0.824. The lowest BCUT2D eigenvalue weighted by atomic mass is 9.84. The Kier molecular flexibility index (Phi) is 4.16. The van der Waals surface area contributed by atoms with E-state index in [1.54, 1.807) is 0 Å². The Labute approximate surface area is 122 Å². The van der Waals surface area contributed by atoms with E-state index in [4.69, 9.17) is 0 Å². The van der Waals surface area contributed by atoms with E-state index >= 15 is 0 Å². The fourth-order valence-electron chi connectivity index (χ4n) is 4.26. The molecule has 3 rings (SSSR count). The normalized spacial score (nSPS) is 31.6. The molecule has 0 radical (unpaired) electrons. The van der Waals surface area contributed by atoms with Gasteiger partial charge in [-0.25, -0.2) is 0 Å². The predicted molar refractivity (Wildman–Crippen MR) is 80.5 cm³/mol. The molecule has 1 heterocycles. The third-order valence-corrected chi connectivity index (χ3v) is 5.61. The molecule has 112 valence electrons. The molecule has 1 N–H and O–H groups in total. The monoisotopic (exact) mass is 276 g/mol. The smallest absolute Gasteiger partial charge is 0.0650 e. The van der Waals surface area contributed by atoms with Crippen molar-refractivity contribution in [2.45, 2.75) is 70.9 Å². The van der Waals surface area contributed by atoms with Crippen molar-refractivity contribution in [1.29, 1.82) is 0 Å². The number of aliphatic hydroxyl groups excluding tert-OH is 1. The van der Waals surface area contributed by atoms with Gasteiger partial charge in [0.15, 0.2) is 0 Å². The summed E-state index contributed by atoms with van der Waals surface area (Å²) in [4.78, 5) is 0. The molecule has 2 bridgehead atoms. The Morgan fingerprint density at radius 2 is 2.25 bits per heavy atom. The molecule has 5 atom stereocenters. The van der Waals surface area contributed by atoms with Crippen molar-refractivity contribution in [3.8, 4) is 0 Å². The van der Waals surface area contributed by atoms with Crippen LogP contribution in [0.15, 0.2) is 12.3 Å². The van der Waals surface area contributed by atoms with Crippen molar-refractivity contribution in [2.75, 3.05) is 0 Å². The summed E-state index contributed by atoms with van der Waals surface area (Å²) in [6, 6.07) is 2.52. The second-order valence-corrected chi connectivity index (χ2v) is 7.07. The van der Waals surface area contributed by atoms with E-state index in [1.807, 2.05) is 10.9 Å². The van der Waals surface area contributed by atoms with Gasteiger partial charge in [-0.2, -0.15) is 5.10 Å². The standard InChI is InChI=1S/C17H28N2O/c1-3-12(2)19-7-6-16(18-19)11-17(20)10-15-9-13-4-5-14(15)8-13/h6-7,12-15,17,20H,3-5,8-11H2,1-2H3. The average Bonchev–Trinajstić information content (AvgIpc) is 3.13. The number of aromatic nitrogens is 2. The van der Waals surface area contributed by atoms with Crippen LogP contribution in [0.5, 0.6) is 0 Å². The van der Waals surface area contributed by atoms with Crippen LogP contribution >= 0.6 is 0 Å². The molecule has 0 aliphatic heterocycles. The van der Waals surface area contributed by atoms with Gasteiger partial charge in [0, 0.05) is 18.7 Å². The van der Waals surface area contributed by atoms with Crippen LogP contribution in [-0.2, 0) is 6.42 Å². The van der Waals surface area contributed by atoms with E-state index in [-0.39, 0.29) is 6.10 Å². The van der Waals surface area contributed by atoms with E-state index < -0.39 is 0 Å². The lowest BCUT2D eigenvalue weighted by Crippen LogP contribution is -2.20. The molecular formula is C17H28N2O. The second kappa shape index (κ2) is 5.88. The third kappa shape index (κ3) is 2.93. The molecule has 2 saturated carbocycles. The Bertz CT molecular complexity index is 442. The number of hydrogen-bond acceptors (Lipinski definition) is 2. The summed E-state index contributed by atoms with van der Waals surface area (Å²) >= 11 is 0. The van der Waals surface area contributed by atoms with Crippen LogP contribution in [0.2, 0.25) is 0 Å². The van der Waals surface area contributed by atoms with Gasteiger partial charge in [-0.05, 0) is 62.8 Å². The van der Waals surface area contributed by atoms with Gasteiger partial charge in [0.05, 0.1) is 11.8 Å². The Hall–Kier alpha value is -0.830. The molecule has 2 aliphatic rings. The van der Waals surface area contributed by atoms with Crippen molar-refractivity contribution in [3.63, 3.8) is 0 Å². The zero-order valence-corrected chi connectivity index (χ0v) is 12.8. The van der Waals surface area contributed by atoms with Crippen LogP contribution in [0.4, 0.5) is 0 Å². The van der Waals surface area contributed by atoms with E-state index in [0.29, 0.717) is 6.04 Å². The number of nitrogens with zero attached hydrogens (tertiary/aromatic N) is 2. The van der Waals surface area contributed by atoms with Crippen LogP contribution in [0, 0.1) is 17.8 Å². The SMILES string of the molecule is CCC(C)n1ccc(CC(O)CC2CC3CCC2C3)n1. The zero-order valence-electron chi connectivity index (χ0n) is 12.8. The molecule has 2 aliphatic carbocycles. The van der Waals surface area contributed by atoms with Crippen molar-refractivity contribution in [2.24, 2.45) is 17.8 Å². The maximum Gasteiger partial charge on any atom is 0.0650 e. The number of aliphatic hydroxyl groups is 1. The summed E-state index contributed by atoms with van der Waals surface area (Å²) in [5.74, 6) is 2.66. The summed E-state index contributed by atoms with van der Waals surface area (Å²) in [5.41, 5.74) is 1.04. The van der Waals surface area contributed by atoms with Gasteiger partial charge in [0.2, 0.25) is 0 Å². The minimum absolute atomic E-state index is 0.209. The lowest BCUT2D eigenvalue weighted by Gasteiger charge is -2.23. The van der Waals surface area contributed by atoms with Gasteiger partial charge in [-0.3, -0.25) is 4.68 Å². The molecular weight excluding hydrogens is 248 g/mol. The third-order valence-electron chi connectivity index (χ3n) is 5.61. The highest BCUT2D eigenvalue weighted by atomic mass is 16.3. The number of fused-ring (bicyclic) bond motifs is 2. The summed E-state index contributed by atoms with van der Waals surface area (Å²) in [7, 11) is 0. The van der Waals surface area contributed by atoms with Gasteiger partial charge >= 0.3 is 0 Å². The van der Waals surface area contributed by atoms with Crippen molar-refractivity contribution in [1.82, 2.24) is 9.78 Å². The summed E-state index contributed by atoms with van der Waals surface area (Å²) < 4.78 is 2.03. The second-order valence-electron chi connectivity index (χ2n) is 7.07. The maximum absolute atomic E-state index is 10.3. The van der Waals surface area contributed by atoms with Crippen LogP contribution in [-0.4, -0.2) is 21.0 Å². The highest BCUT2D eigenvalue weighted by molar-refractivity contribution is 5.02. The van der Waals surface area contributed by atoms with Gasteiger partial charge in [-0.1, -0.05) is 13.3 Å². The minimum Gasteiger partial charge on any atom is -0.393 e. The van der Waals surface area contributed by atoms with E-state index in [1.165, 1.54) is 25.7 Å².